The monoisotopic (exact) mass is 289 g/mol. The summed E-state index contributed by atoms with van der Waals surface area (Å²) in [6.45, 7) is 5.01. The van der Waals surface area contributed by atoms with Crippen LogP contribution in [-0.2, 0) is 6.54 Å². The first-order valence-electron chi connectivity index (χ1n) is 7.23. The highest BCUT2D eigenvalue weighted by atomic mass is 19.3. The molecule has 2 aromatic rings. The van der Waals surface area contributed by atoms with Crippen LogP contribution in [0.3, 0.4) is 0 Å². The van der Waals surface area contributed by atoms with Crippen LogP contribution in [0.25, 0.3) is 0 Å². The summed E-state index contributed by atoms with van der Waals surface area (Å²) >= 11 is 0. The predicted molar refractivity (Wildman–Crippen MR) is 82.3 cm³/mol. The van der Waals surface area contributed by atoms with E-state index in [2.05, 4.69) is 31.3 Å². The van der Waals surface area contributed by atoms with Crippen molar-refractivity contribution in [2.45, 2.75) is 32.9 Å². The lowest BCUT2D eigenvalue weighted by atomic mass is 9.96. The van der Waals surface area contributed by atoms with E-state index in [-0.39, 0.29) is 11.6 Å². The van der Waals surface area contributed by atoms with Crippen molar-refractivity contribution >= 4 is 0 Å². The molecule has 0 aliphatic heterocycles. The Hall–Kier alpha value is -1.74. The van der Waals surface area contributed by atoms with E-state index < -0.39 is 6.43 Å². The summed E-state index contributed by atoms with van der Waals surface area (Å²) in [5.41, 5.74) is 2.33. The van der Waals surface area contributed by atoms with Gasteiger partial charge in [-0.05, 0) is 17.0 Å². The molecule has 21 heavy (non-hydrogen) atoms. The molecular formula is C18H21F2N. The lowest BCUT2D eigenvalue weighted by Crippen LogP contribution is -2.25. The molecule has 0 aliphatic carbocycles. The van der Waals surface area contributed by atoms with Gasteiger partial charge in [0.25, 0.3) is 6.43 Å². The Morgan fingerprint density at radius 3 is 2.00 bits per heavy atom. The van der Waals surface area contributed by atoms with Crippen LogP contribution in [0, 0.1) is 5.92 Å². The van der Waals surface area contributed by atoms with Gasteiger partial charge >= 0.3 is 0 Å². The van der Waals surface area contributed by atoms with Gasteiger partial charge in [-0.1, -0.05) is 68.4 Å². The van der Waals surface area contributed by atoms with E-state index in [4.69, 9.17) is 0 Å². The normalized spacial score (nSPS) is 12.9. The zero-order valence-corrected chi connectivity index (χ0v) is 12.4. The summed E-state index contributed by atoms with van der Waals surface area (Å²) in [5, 5.41) is 3.51. The van der Waals surface area contributed by atoms with Crippen molar-refractivity contribution in [3.63, 3.8) is 0 Å². The summed E-state index contributed by atoms with van der Waals surface area (Å²) in [6.07, 6.45) is -2.40. The largest absolute Gasteiger partial charge is 0.306 e. The van der Waals surface area contributed by atoms with E-state index in [1.165, 1.54) is 17.7 Å². The lowest BCUT2D eigenvalue weighted by Gasteiger charge is -2.23. The van der Waals surface area contributed by atoms with Crippen LogP contribution in [0.2, 0.25) is 0 Å². The number of halogens is 2. The molecule has 0 aromatic heterocycles. The van der Waals surface area contributed by atoms with Crippen molar-refractivity contribution in [3.05, 3.63) is 71.3 Å². The Labute approximate surface area is 125 Å². The maximum atomic E-state index is 12.5. The second kappa shape index (κ2) is 7.32. The SMILES string of the molecule is CC(C)C(NCc1ccc(C(F)F)cc1)c1ccccc1. The van der Waals surface area contributed by atoms with Gasteiger partial charge in [0, 0.05) is 18.2 Å². The van der Waals surface area contributed by atoms with Crippen molar-refractivity contribution in [2.75, 3.05) is 0 Å². The minimum absolute atomic E-state index is 0.0715. The molecule has 2 aromatic carbocycles. The van der Waals surface area contributed by atoms with Gasteiger partial charge in [0.2, 0.25) is 0 Å². The van der Waals surface area contributed by atoms with Crippen molar-refractivity contribution < 1.29 is 8.78 Å². The minimum Gasteiger partial charge on any atom is -0.306 e. The molecule has 1 nitrogen and oxygen atoms in total. The number of hydrogen-bond acceptors (Lipinski definition) is 1. The standard InChI is InChI=1S/C18H21F2N/c1-13(2)17(15-6-4-3-5-7-15)21-12-14-8-10-16(11-9-14)18(19)20/h3-11,13,17-18,21H,12H2,1-2H3. The molecule has 112 valence electrons. The molecule has 0 radical (unpaired) electrons. The molecular weight excluding hydrogens is 268 g/mol. The number of benzene rings is 2. The second-order valence-electron chi connectivity index (χ2n) is 5.56. The van der Waals surface area contributed by atoms with E-state index in [0.717, 1.165) is 5.56 Å². The molecule has 0 amide bonds. The highest BCUT2D eigenvalue weighted by Gasteiger charge is 2.14. The third-order valence-corrected chi connectivity index (χ3v) is 3.58. The summed E-state index contributed by atoms with van der Waals surface area (Å²) in [7, 11) is 0. The molecule has 3 heteroatoms. The molecule has 1 unspecified atom stereocenters. The molecule has 0 saturated heterocycles. The first-order valence-corrected chi connectivity index (χ1v) is 7.23. The number of alkyl halides is 2. The van der Waals surface area contributed by atoms with Crippen molar-refractivity contribution in [1.82, 2.24) is 5.32 Å². The Bertz CT molecular complexity index is 535. The summed E-state index contributed by atoms with van der Waals surface area (Å²) < 4.78 is 25.0. The highest BCUT2D eigenvalue weighted by Crippen LogP contribution is 2.23. The molecule has 0 saturated carbocycles. The quantitative estimate of drug-likeness (QED) is 0.779. The molecule has 1 N–H and O–H groups in total. The predicted octanol–water partition coefficient (Wildman–Crippen LogP) is 5.11. The van der Waals surface area contributed by atoms with Gasteiger partial charge in [-0.3, -0.25) is 0 Å². The van der Waals surface area contributed by atoms with E-state index in [9.17, 15) is 8.78 Å². The molecule has 0 spiro atoms. The van der Waals surface area contributed by atoms with E-state index in [1.54, 1.807) is 12.1 Å². The van der Waals surface area contributed by atoms with Crippen LogP contribution in [0.5, 0.6) is 0 Å². The van der Waals surface area contributed by atoms with Gasteiger partial charge in [0.05, 0.1) is 0 Å². The molecule has 0 fully saturated rings. The second-order valence-corrected chi connectivity index (χ2v) is 5.56. The Morgan fingerprint density at radius 1 is 0.857 bits per heavy atom. The fraction of sp³-hybridized carbons (Fsp3) is 0.333. The van der Waals surface area contributed by atoms with Gasteiger partial charge in [0.1, 0.15) is 0 Å². The summed E-state index contributed by atoms with van der Waals surface area (Å²) in [6, 6.07) is 17.0. The average Bonchev–Trinajstić information content (AvgIpc) is 2.48. The number of rotatable bonds is 6. The molecule has 0 bridgehead atoms. The van der Waals surface area contributed by atoms with Gasteiger partial charge in [-0.15, -0.1) is 0 Å². The van der Waals surface area contributed by atoms with Crippen LogP contribution in [-0.4, -0.2) is 0 Å². The fourth-order valence-corrected chi connectivity index (χ4v) is 2.41. The molecule has 1 atom stereocenters. The van der Waals surface area contributed by atoms with Gasteiger partial charge < -0.3 is 5.32 Å². The number of nitrogens with one attached hydrogen (secondary N) is 1. The zero-order chi connectivity index (χ0) is 15.2. The van der Waals surface area contributed by atoms with Crippen LogP contribution < -0.4 is 5.32 Å². The molecule has 0 aliphatic rings. The summed E-state index contributed by atoms with van der Waals surface area (Å²) in [5.74, 6) is 0.452. The average molecular weight is 289 g/mol. The Morgan fingerprint density at radius 2 is 1.48 bits per heavy atom. The maximum absolute atomic E-state index is 12.5. The van der Waals surface area contributed by atoms with Crippen molar-refractivity contribution in [2.24, 2.45) is 5.92 Å². The minimum atomic E-state index is -2.40. The third-order valence-electron chi connectivity index (χ3n) is 3.58. The zero-order valence-electron chi connectivity index (χ0n) is 12.4. The van der Waals surface area contributed by atoms with E-state index >= 15 is 0 Å². The van der Waals surface area contributed by atoms with Gasteiger partial charge in [-0.2, -0.15) is 0 Å². The molecule has 2 rings (SSSR count). The van der Waals surface area contributed by atoms with Crippen molar-refractivity contribution in [3.8, 4) is 0 Å². The Balaban J connectivity index is 2.02. The highest BCUT2D eigenvalue weighted by molar-refractivity contribution is 5.24. The first-order chi connectivity index (χ1) is 10.1. The van der Waals surface area contributed by atoms with E-state index in [0.29, 0.717) is 12.5 Å². The summed E-state index contributed by atoms with van der Waals surface area (Å²) in [4.78, 5) is 0. The maximum Gasteiger partial charge on any atom is 0.263 e. The van der Waals surface area contributed by atoms with Crippen molar-refractivity contribution in [1.29, 1.82) is 0 Å². The smallest absolute Gasteiger partial charge is 0.263 e. The van der Waals surface area contributed by atoms with Crippen LogP contribution in [0.4, 0.5) is 8.78 Å². The third kappa shape index (κ3) is 4.36. The first kappa shape index (κ1) is 15.6. The fourth-order valence-electron chi connectivity index (χ4n) is 2.41. The number of hydrogen-bond donors (Lipinski definition) is 1. The lowest BCUT2D eigenvalue weighted by molar-refractivity contribution is 0.151. The van der Waals surface area contributed by atoms with Gasteiger partial charge in [0.15, 0.2) is 0 Å². The Kier molecular flexibility index (Phi) is 5.45. The molecule has 0 heterocycles. The topological polar surface area (TPSA) is 12.0 Å². The van der Waals surface area contributed by atoms with Crippen LogP contribution >= 0.6 is 0 Å². The van der Waals surface area contributed by atoms with Crippen LogP contribution in [0.1, 0.15) is 43.0 Å². The van der Waals surface area contributed by atoms with Gasteiger partial charge in [-0.25, -0.2) is 8.78 Å². The van der Waals surface area contributed by atoms with E-state index in [1.807, 2.05) is 18.2 Å². The van der Waals surface area contributed by atoms with Crippen LogP contribution in [0.15, 0.2) is 54.6 Å².